The van der Waals surface area contributed by atoms with E-state index in [0.29, 0.717) is 0 Å². The Hall–Kier alpha value is -7.77. The topological polar surface area (TPSA) is 38.7 Å². The number of hydrogen-bond acceptors (Lipinski definition) is 4. The highest BCUT2D eigenvalue weighted by Crippen LogP contribution is 2.43. The fraction of sp³-hybridized carbons (Fsp3) is 0.0926. The fourth-order valence-electron chi connectivity index (χ4n) is 8.11. The van der Waals surface area contributed by atoms with Crippen LogP contribution in [0.5, 0.6) is 11.5 Å². The summed E-state index contributed by atoms with van der Waals surface area (Å²) in [5, 5.41) is 2.26. The van der Waals surface area contributed by atoms with Crippen molar-refractivity contribution in [2.75, 3.05) is 24.0 Å². The van der Waals surface area contributed by atoms with E-state index in [1.807, 2.05) is 36.4 Å². The van der Waals surface area contributed by atoms with Crippen LogP contribution < -0.4 is 23.8 Å². The molecule has 300 valence electrons. The molecule has 0 aliphatic rings. The van der Waals surface area contributed by atoms with Gasteiger partial charge in [-0.05, 0) is 145 Å². The lowest BCUT2D eigenvalue weighted by molar-refractivity contribution is -0.693. The fourth-order valence-corrected chi connectivity index (χ4v) is 8.11. The van der Waals surface area contributed by atoms with Crippen molar-refractivity contribution >= 4 is 68.1 Å². The van der Waals surface area contributed by atoms with Crippen LogP contribution in [0.25, 0.3) is 39.6 Å². The zero-order chi connectivity index (χ0) is 41.9. The zero-order valence-electron chi connectivity index (χ0n) is 34.8. The van der Waals surface area contributed by atoms with Crippen LogP contribution in [-0.2, 0) is 13.1 Å². The average Bonchev–Trinajstić information content (AvgIpc) is 3.92. The molecule has 0 unspecified atom stereocenters. The van der Waals surface area contributed by atoms with Crippen molar-refractivity contribution < 1.29 is 14.0 Å². The normalized spacial score (nSPS) is 11.1. The Bertz CT molecular complexity index is 2800. The highest BCUT2D eigenvalue weighted by molar-refractivity contribution is 6.12. The minimum Gasteiger partial charge on any atom is -0.497 e. The Kier molecular flexibility index (Phi) is 10.7. The molecule has 2 heterocycles. The van der Waals surface area contributed by atoms with Crippen molar-refractivity contribution in [1.29, 1.82) is 0 Å². The number of rotatable bonds is 14. The van der Waals surface area contributed by atoms with Gasteiger partial charge in [-0.2, -0.15) is 0 Å². The summed E-state index contributed by atoms with van der Waals surface area (Å²) in [4.78, 5) is 4.59. The van der Waals surface area contributed by atoms with E-state index in [0.717, 1.165) is 97.3 Å². The van der Waals surface area contributed by atoms with E-state index in [-0.39, 0.29) is 0 Å². The SMILES string of the molecule is C=Cc1ccc(N(c2ccc(OC)cc2)c2ccc3c(c2)c2cc(N(c4ccc(C=C)cc4)c4ccc(OC)cc4)ccc2n3-c2ccc(Cn3cc[n+](CC)c3)cc2)cc1. The molecule has 7 nitrogen and oxygen atoms in total. The summed E-state index contributed by atoms with van der Waals surface area (Å²) < 4.78 is 17.9. The molecular weight excluding hydrogens is 751 g/mol. The summed E-state index contributed by atoms with van der Waals surface area (Å²) >= 11 is 0. The number of aryl methyl sites for hydroxylation is 1. The quantitative estimate of drug-likeness (QED) is 0.103. The maximum absolute atomic E-state index is 5.55. The Morgan fingerprint density at radius 1 is 0.541 bits per heavy atom. The summed E-state index contributed by atoms with van der Waals surface area (Å²) in [6.07, 6.45) is 10.1. The second kappa shape index (κ2) is 16.8. The smallest absolute Gasteiger partial charge is 0.244 e. The van der Waals surface area contributed by atoms with Gasteiger partial charge in [-0.15, -0.1) is 0 Å². The Balaban J connectivity index is 1.24. The minimum absolute atomic E-state index is 0.803. The van der Waals surface area contributed by atoms with Crippen molar-refractivity contribution in [3.8, 4) is 17.2 Å². The van der Waals surface area contributed by atoms with Gasteiger partial charge in [0, 0.05) is 50.6 Å². The molecule has 0 fully saturated rings. The van der Waals surface area contributed by atoms with Gasteiger partial charge in [0.2, 0.25) is 6.33 Å². The van der Waals surface area contributed by atoms with Crippen LogP contribution in [-0.4, -0.2) is 23.4 Å². The van der Waals surface area contributed by atoms with Crippen molar-refractivity contribution in [2.24, 2.45) is 0 Å². The minimum atomic E-state index is 0.803. The highest BCUT2D eigenvalue weighted by Gasteiger charge is 2.21. The van der Waals surface area contributed by atoms with Crippen LogP contribution in [0.1, 0.15) is 23.6 Å². The molecular formula is C54H48N5O2+. The summed E-state index contributed by atoms with van der Waals surface area (Å²) in [7, 11) is 3.39. The summed E-state index contributed by atoms with van der Waals surface area (Å²) in [5.41, 5.74) is 12.9. The molecule has 9 aromatic rings. The molecule has 0 aliphatic carbocycles. The van der Waals surface area contributed by atoms with Crippen LogP contribution in [0.3, 0.4) is 0 Å². The van der Waals surface area contributed by atoms with Crippen molar-refractivity contribution in [2.45, 2.75) is 20.0 Å². The number of methoxy groups -OCH3 is 2. The number of aromatic nitrogens is 3. The molecule has 0 bridgehead atoms. The molecule has 0 spiro atoms. The summed E-state index contributed by atoms with van der Waals surface area (Å²) in [5.74, 6) is 1.61. The van der Waals surface area contributed by atoms with Crippen LogP contribution in [0.4, 0.5) is 34.1 Å². The first-order valence-electron chi connectivity index (χ1n) is 20.5. The lowest BCUT2D eigenvalue weighted by Crippen LogP contribution is -2.28. The Morgan fingerprint density at radius 3 is 1.36 bits per heavy atom. The molecule has 0 saturated carbocycles. The zero-order valence-corrected chi connectivity index (χ0v) is 34.8. The first-order valence-corrected chi connectivity index (χ1v) is 20.5. The second-order valence-electron chi connectivity index (χ2n) is 15.0. The van der Waals surface area contributed by atoms with Gasteiger partial charge in [-0.3, -0.25) is 0 Å². The van der Waals surface area contributed by atoms with E-state index in [1.165, 1.54) is 5.56 Å². The molecule has 0 amide bonds. The standard InChI is InChI=1S/C54H48N5O2/c1-6-39-9-15-42(16-10-39)57(44-21-27-49(60-4)28-22-44)47-25-31-53-51(35-47)52-36-48(58(43-17-11-40(7-2)12-18-43)45-23-29-50(61-5)30-24-45)26-32-54(52)59(53)46-19-13-41(14-20-46)37-56-34-33-55(8-3)38-56/h6-7,9-36,38H,1-2,8,37H2,3-5H3/q+1. The maximum atomic E-state index is 5.55. The molecule has 0 atom stereocenters. The Morgan fingerprint density at radius 2 is 0.967 bits per heavy atom. The largest absolute Gasteiger partial charge is 0.497 e. The van der Waals surface area contributed by atoms with E-state index in [1.54, 1.807) is 14.2 Å². The maximum Gasteiger partial charge on any atom is 0.244 e. The van der Waals surface area contributed by atoms with Crippen LogP contribution in [0, 0.1) is 0 Å². The number of ether oxygens (including phenoxy) is 2. The molecule has 0 radical (unpaired) electrons. The Labute approximate surface area is 357 Å². The number of anilines is 6. The predicted octanol–water partition coefficient (Wildman–Crippen LogP) is 13.2. The first kappa shape index (κ1) is 38.7. The molecule has 7 heteroatoms. The third-order valence-electron chi connectivity index (χ3n) is 11.4. The second-order valence-corrected chi connectivity index (χ2v) is 15.0. The third-order valence-corrected chi connectivity index (χ3v) is 11.4. The van der Waals surface area contributed by atoms with Gasteiger partial charge >= 0.3 is 0 Å². The molecule has 2 aromatic heterocycles. The number of nitrogens with zero attached hydrogens (tertiary/aromatic N) is 5. The monoisotopic (exact) mass is 798 g/mol. The van der Waals surface area contributed by atoms with Gasteiger partial charge in [0.1, 0.15) is 30.4 Å². The summed E-state index contributed by atoms with van der Waals surface area (Å²) in [6, 6.07) is 56.0. The van der Waals surface area contributed by atoms with Crippen LogP contribution >= 0.6 is 0 Å². The van der Waals surface area contributed by atoms with E-state index >= 15 is 0 Å². The number of fused-ring (bicyclic) bond motifs is 3. The van der Waals surface area contributed by atoms with Gasteiger partial charge in [0.15, 0.2) is 0 Å². The molecule has 9 rings (SSSR count). The van der Waals surface area contributed by atoms with Gasteiger partial charge in [-0.1, -0.05) is 61.7 Å². The van der Waals surface area contributed by atoms with Crippen LogP contribution in [0.15, 0.2) is 190 Å². The number of hydrogen-bond donors (Lipinski definition) is 0. The summed E-state index contributed by atoms with van der Waals surface area (Å²) in [6.45, 7) is 11.9. The van der Waals surface area contributed by atoms with E-state index in [4.69, 9.17) is 9.47 Å². The molecule has 7 aromatic carbocycles. The van der Waals surface area contributed by atoms with E-state index in [2.05, 4.69) is 196 Å². The molecule has 0 saturated heterocycles. The van der Waals surface area contributed by atoms with Crippen LogP contribution in [0.2, 0.25) is 0 Å². The van der Waals surface area contributed by atoms with Gasteiger partial charge in [-0.25, -0.2) is 9.13 Å². The highest BCUT2D eigenvalue weighted by atomic mass is 16.5. The van der Waals surface area contributed by atoms with Gasteiger partial charge < -0.3 is 23.8 Å². The first-order chi connectivity index (χ1) is 30.0. The lowest BCUT2D eigenvalue weighted by atomic mass is 10.1. The number of benzene rings is 7. The van der Waals surface area contributed by atoms with Crippen molar-refractivity contribution in [1.82, 2.24) is 9.13 Å². The predicted molar refractivity (Wildman–Crippen MR) is 253 cm³/mol. The van der Waals surface area contributed by atoms with Gasteiger partial charge in [0.05, 0.1) is 31.8 Å². The molecule has 0 N–H and O–H groups in total. The van der Waals surface area contributed by atoms with Crippen molar-refractivity contribution in [3.05, 3.63) is 206 Å². The van der Waals surface area contributed by atoms with Gasteiger partial charge in [0.25, 0.3) is 0 Å². The van der Waals surface area contributed by atoms with Crippen molar-refractivity contribution in [3.63, 3.8) is 0 Å². The van der Waals surface area contributed by atoms with E-state index < -0.39 is 0 Å². The third kappa shape index (κ3) is 7.65. The molecule has 61 heavy (non-hydrogen) atoms. The lowest BCUT2D eigenvalue weighted by Gasteiger charge is -2.26. The van der Waals surface area contributed by atoms with E-state index in [9.17, 15) is 0 Å². The molecule has 0 aliphatic heterocycles. The average molecular weight is 799 g/mol. The number of imidazole rings is 1.